The van der Waals surface area contributed by atoms with Gasteiger partial charge < -0.3 is 19.5 Å². The first-order valence-corrected chi connectivity index (χ1v) is 8.39. The zero-order valence-electron chi connectivity index (χ0n) is 14.6. The molecule has 0 bridgehead atoms. The molecule has 0 radical (unpaired) electrons. The number of nitrogens with one attached hydrogen (secondary N) is 1. The van der Waals surface area contributed by atoms with E-state index in [1.807, 2.05) is 45.2 Å². The summed E-state index contributed by atoms with van der Waals surface area (Å²) in [6.45, 7) is 7.55. The molecule has 1 saturated heterocycles. The monoisotopic (exact) mass is 327 g/mol. The maximum absolute atomic E-state index is 12.6. The fourth-order valence-electron chi connectivity index (χ4n) is 3.11. The van der Waals surface area contributed by atoms with E-state index < -0.39 is 0 Å². The Labute approximate surface area is 143 Å². The zero-order chi connectivity index (χ0) is 17.1. The number of anilines is 2. The van der Waals surface area contributed by atoms with Crippen LogP contribution in [0.5, 0.6) is 0 Å². The van der Waals surface area contributed by atoms with Crippen LogP contribution in [0.3, 0.4) is 0 Å². The molecule has 2 heterocycles. The van der Waals surface area contributed by atoms with Gasteiger partial charge in [0, 0.05) is 37.1 Å². The summed E-state index contributed by atoms with van der Waals surface area (Å²) in [6.07, 6.45) is 0. The lowest BCUT2D eigenvalue weighted by Crippen LogP contribution is -2.36. The second-order valence-electron chi connectivity index (χ2n) is 6.24. The van der Waals surface area contributed by atoms with Crippen LogP contribution in [0.2, 0.25) is 0 Å². The van der Waals surface area contributed by atoms with Crippen molar-refractivity contribution in [2.24, 2.45) is 7.05 Å². The van der Waals surface area contributed by atoms with E-state index in [0.717, 1.165) is 54.6 Å². The number of aromatic nitrogens is 1. The second-order valence-corrected chi connectivity index (χ2v) is 6.24. The summed E-state index contributed by atoms with van der Waals surface area (Å²) in [5.41, 5.74) is 5.05. The molecule has 1 aromatic heterocycles. The Morgan fingerprint density at radius 1 is 1.21 bits per heavy atom. The average molecular weight is 327 g/mol. The molecule has 128 valence electrons. The number of ketones is 1. The van der Waals surface area contributed by atoms with Crippen molar-refractivity contribution in [3.05, 3.63) is 47.3 Å². The third-order valence-corrected chi connectivity index (χ3v) is 4.77. The predicted molar refractivity (Wildman–Crippen MR) is 97.2 cm³/mol. The molecule has 5 nitrogen and oxygen atoms in total. The van der Waals surface area contributed by atoms with E-state index in [4.69, 9.17) is 4.74 Å². The van der Waals surface area contributed by atoms with Crippen LogP contribution in [0.15, 0.2) is 30.3 Å². The lowest BCUT2D eigenvalue weighted by molar-refractivity contribution is 0.101. The highest BCUT2D eigenvalue weighted by atomic mass is 16.5. The Balaban J connectivity index is 1.72. The number of ether oxygens (including phenoxy) is 1. The number of Topliss-reactive ketones (excluding diaryl/α,β-unsaturated/α-hetero) is 1. The number of morpholine rings is 1. The summed E-state index contributed by atoms with van der Waals surface area (Å²) in [7, 11) is 1.99. The lowest BCUT2D eigenvalue weighted by atomic mass is 10.1. The Bertz CT molecular complexity index is 730. The number of para-hydroxylation sites is 2. The van der Waals surface area contributed by atoms with Gasteiger partial charge in [-0.15, -0.1) is 0 Å². The SMILES string of the molecule is Cc1cc(C(=O)CNc2ccccc2N2CCOCC2)c(C)n1C. The number of rotatable bonds is 5. The first-order chi connectivity index (χ1) is 11.6. The standard InChI is InChI=1S/C19H25N3O2/c1-14-12-16(15(2)21(14)3)19(23)13-20-17-6-4-5-7-18(17)22-8-10-24-11-9-22/h4-7,12,20H,8-11,13H2,1-3H3. The summed E-state index contributed by atoms with van der Waals surface area (Å²) in [5, 5.41) is 3.32. The molecule has 0 aliphatic carbocycles. The number of nitrogens with zero attached hydrogens (tertiary/aromatic N) is 2. The maximum atomic E-state index is 12.6. The summed E-state index contributed by atoms with van der Waals surface area (Å²) < 4.78 is 7.48. The van der Waals surface area contributed by atoms with Crippen molar-refractivity contribution in [3.8, 4) is 0 Å². The van der Waals surface area contributed by atoms with Gasteiger partial charge in [-0.1, -0.05) is 12.1 Å². The minimum Gasteiger partial charge on any atom is -0.378 e. The van der Waals surface area contributed by atoms with Crippen LogP contribution in [0, 0.1) is 13.8 Å². The van der Waals surface area contributed by atoms with Crippen molar-refractivity contribution < 1.29 is 9.53 Å². The fraction of sp³-hybridized carbons (Fsp3) is 0.421. The Hall–Kier alpha value is -2.27. The Kier molecular flexibility index (Phi) is 4.90. The molecule has 1 aromatic carbocycles. The van der Waals surface area contributed by atoms with Gasteiger partial charge in [-0.2, -0.15) is 0 Å². The van der Waals surface area contributed by atoms with Gasteiger partial charge in [-0.25, -0.2) is 0 Å². The second kappa shape index (κ2) is 7.09. The molecule has 0 atom stereocenters. The van der Waals surface area contributed by atoms with E-state index in [0.29, 0.717) is 6.54 Å². The molecule has 24 heavy (non-hydrogen) atoms. The van der Waals surface area contributed by atoms with Crippen LogP contribution in [-0.2, 0) is 11.8 Å². The predicted octanol–water partition coefficient (Wildman–Crippen LogP) is 2.77. The first kappa shape index (κ1) is 16.6. The van der Waals surface area contributed by atoms with Crippen LogP contribution in [0.4, 0.5) is 11.4 Å². The molecule has 0 amide bonds. The van der Waals surface area contributed by atoms with Crippen LogP contribution < -0.4 is 10.2 Å². The quantitative estimate of drug-likeness (QED) is 0.858. The Morgan fingerprint density at radius 2 is 1.92 bits per heavy atom. The van der Waals surface area contributed by atoms with E-state index in [1.165, 1.54) is 0 Å². The van der Waals surface area contributed by atoms with Gasteiger partial charge in [0.2, 0.25) is 0 Å². The highest BCUT2D eigenvalue weighted by Crippen LogP contribution is 2.26. The van der Waals surface area contributed by atoms with E-state index in [-0.39, 0.29) is 5.78 Å². The molecular formula is C19H25N3O2. The molecular weight excluding hydrogens is 302 g/mol. The smallest absolute Gasteiger partial charge is 0.183 e. The summed E-state index contributed by atoms with van der Waals surface area (Å²) in [5.74, 6) is 0.119. The van der Waals surface area contributed by atoms with Crippen molar-refractivity contribution >= 4 is 17.2 Å². The molecule has 0 unspecified atom stereocenters. The van der Waals surface area contributed by atoms with Crippen molar-refractivity contribution in [3.63, 3.8) is 0 Å². The van der Waals surface area contributed by atoms with Gasteiger partial charge in [0.05, 0.1) is 31.1 Å². The third kappa shape index (κ3) is 3.31. The van der Waals surface area contributed by atoms with Crippen molar-refractivity contribution in [1.82, 2.24) is 4.57 Å². The molecule has 0 spiro atoms. The number of hydrogen-bond acceptors (Lipinski definition) is 4. The van der Waals surface area contributed by atoms with E-state index in [2.05, 4.69) is 20.9 Å². The van der Waals surface area contributed by atoms with Crippen molar-refractivity contribution in [2.75, 3.05) is 43.1 Å². The van der Waals surface area contributed by atoms with Crippen LogP contribution >= 0.6 is 0 Å². The average Bonchev–Trinajstić information content (AvgIpc) is 2.88. The summed E-state index contributed by atoms with van der Waals surface area (Å²) in [4.78, 5) is 14.9. The van der Waals surface area contributed by atoms with Gasteiger partial charge in [0.25, 0.3) is 0 Å². The first-order valence-electron chi connectivity index (χ1n) is 8.39. The molecule has 3 rings (SSSR count). The molecule has 1 aliphatic heterocycles. The molecule has 5 heteroatoms. The molecule has 2 aromatic rings. The highest BCUT2D eigenvalue weighted by molar-refractivity contribution is 6.00. The van der Waals surface area contributed by atoms with Gasteiger partial charge in [0.15, 0.2) is 5.78 Å². The molecule has 1 aliphatic rings. The fourth-order valence-corrected chi connectivity index (χ4v) is 3.11. The van der Waals surface area contributed by atoms with Gasteiger partial charge in [-0.3, -0.25) is 4.79 Å². The van der Waals surface area contributed by atoms with E-state index in [1.54, 1.807) is 0 Å². The summed E-state index contributed by atoms with van der Waals surface area (Å²) >= 11 is 0. The number of aryl methyl sites for hydroxylation is 1. The number of benzene rings is 1. The number of hydrogen-bond donors (Lipinski definition) is 1. The number of carbonyl (C=O) groups excluding carboxylic acids is 1. The topological polar surface area (TPSA) is 46.5 Å². The molecule has 1 fully saturated rings. The molecule has 0 saturated carbocycles. The maximum Gasteiger partial charge on any atom is 0.183 e. The van der Waals surface area contributed by atoms with Crippen LogP contribution in [-0.4, -0.2) is 43.2 Å². The largest absolute Gasteiger partial charge is 0.378 e. The van der Waals surface area contributed by atoms with Crippen LogP contribution in [0.25, 0.3) is 0 Å². The Morgan fingerprint density at radius 3 is 2.58 bits per heavy atom. The van der Waals surface area contributed by atoms with Gasteiger partial charge in [-0.05, 0) is 32.0 Å². The van der Waals surface area contributed by atoms with Crippen molar-refractivity contribution in [2.45, 2.75) is 13.8 Å². The van der Waals surface area contributed by atoms with E-state index >= 15 is 0 Å². The third-order valence-electron chi connectivity index (χ3n) is 4.77. The highest BCUT2D eigenvalue weighted by Gasteiger charge is 2.17. The van der Waals surface area contributed by atoms with Gasteiger partial charge >= 0.3 is 0 Å². The minimum atomic E-state index is 0.119. The minimum absolute atomic E-state index is 0.119. The summed E-state index contributed by atoms with van der Waals surface area (Å²) in [6, 6.07) is 10.1. The lowest BCUT2D eigenvalue weighted by Gasteiger charge is -2.30. The number of carbonyl (C=O) groups is 1. The molecule has 1 N–H and O–H groups in total. The normalized spacial score (nSPS) is 14.7. The zero-order valence-corrected chi connectivity index (χ0v) is 14.6. The van der Waals surface area contributed by atoms with Gasteiger partial charge in [0.1, 0.15) is 0 Å². The van der Waals surface area contributed by atoms with Crippen molar-refractivity contribution in [1.29, 1.82) is 0 Å². The van der Waals surface area contributed by atoms with Crippen LogP contribution in [0.1, 0.15) is 21.7 Å². The van der Waals surface area contributed by atoms with E-state index in [9.17, 15) is 4.79 Å².